The number of carboxylic acids is 1. The Morgan fingerprint density at radius 2 is 1.97 bits per heavy atom. The number of amides is 1. The molecule has 1 aliphatic carbocycles. The summed E-state index contributed by atoms with van der Waals surface area (Å²) in [5, 5.41) is 17.0. The zero-order valence-corrected chi connectivity index (χ0v) is 16.4. The lowest BCUT2D eigenvalue weighted by atomic mass is 10.0. The van der Waals surface area contributed by atoms with Crippen LogP contribution in [0.3, 0.4) is 0 Å². The van der Waals surface area contributed by atoms with Crippen molar-refractivity contribution in [3.63, 3.8) is 0 Å². The number of pyridine rings is 1. The highest BCUT2D eigenvalue weighted by atomic mass is 16.5. The molecule has 150 valence electrons. The maximum Gasteiger partial charge on any atom is 0.326 e. The van der Waals surface area contributed by atoms with Gasteiger partial charge in [-0.15, -0.1) is 0 Å². The number of nitrogens with one attached hydrogen (secondary N) is 1. The van der Waals surface area contributed by atoms with E-state index in [0.29, 0.717) is 28.3 Å². The average Bonchev–Trinajstić information content (AvgIpc) is 3.46. The van der Waals surface area contributed by atoms with Crippen molar-refractivity contribution < 1.29 is 19.2 Å². The second-order valence-corrected chi connectivity index (χ2v) is 7.83. The Hall–Kier alpha value is -3.22. The van der Waals surface area contributed by atoms with Crippen LogP contribution in [-0.2, 0) is 11.2 Å². The van der Waals surface area contributed by atoms with Gasteiger partial charge in [0.15, 0.2) is 0 Å². The molecular weight excluding hydrogens is 370 g/mol. The van der Waals surface area contributed by atoms with Gasteiger partial charge in [0.05, 0.1) is 16.6 Å². The molecule has 0 radical (unpaired) electrons. The molecule has 3 aromatic rings. The van der Waals surface area contributed by atoms with Crippen molar-refractivity contribution >= 4 is 23.0 Å². The molecular formula is C22H23N3O4. The van der Waals surface area contributed by atoms with Crippen LogP contribution in [0.15, 0.2) is 40.9 Å². The van der Waals surface area contributed by atoms with Crippen molar-refractivity contribution in [2.75, 3.05) is 0 Å². The second-order valence-electron chi connectivity index (χ2n) is 7.83. The number of carbonyl (C=O) groups excluding carboxylic acids is 1. The predicted octanol–water partition coefficient (Wildman–Crippen LogP) is 3.65. The largest absolute Gasteiger partial charge is 0.480 e. The fraction of sp³-hybridized carbons (Fsp3) is 0.364. The van der Waals surface area contributed by atoms with Gasteiger partial charge in [0.2, 0.25) is 0 Å². The molecule has 0 bridgehead atoms. The van der Waals surface area contributed by atoms with Crippen molar-refractivity contribution in [3.05, 3.63) is 58.9 Å². The summed E-state index contributed by atoms with van der Waals surface area (Å²) in [5.41, 5.74) is 2.99. The molecule has 1 fully saturated rings. The summed E-state index contributed by atoms with van der Waals surface area (Å²) in [6.07, 6.45) is 2.25. The minimum atomic E-state index is -1.08. The van der Waals surface area contributed by atoms with Crippen LogP contribution in [0, 0.1) is 0 Å². The topological polar surface area (TPSA) is 105 Å². The first-order valence-electron chi connectivity index (χ1n) is 9.82. The highest BCUT2D eigenvalue weighted by Crippen LogP contribution is 2.41. The Labute approximate surface area is 168 Å². The van der Waals surface area contributed by atoms with Crippen LogP contribution in [0.2, 0.25) is 0 Å². The van der Waals surface area contributed by atoms with Gasteiger partial charge >= 0.3 is 5.97 Å². The molecule has 1 atom stereocenters. The second kappa shape index (κ2) is 7.66. The summed E-state index contributed by atoms with van der Waals surface area (Å²) < 4.78 is 5.41. The molecule has 0 saturated heterocycles. The zero-order valence-electron chi connectivity index (χ0n) is 16.4. The number of aromatic nitrogens is 2. The number of carbonyl (C=O) groups is 2. The summed E-state index contributed by atoms with van der Waals surface area (Å²) in [5.74, 6) is -1.17. The number of hydrogen-bond donors (Lipinski definition) is 2. The lowest BCUT2D eigenvalue weighted by molar-refractivity contribution is -0.139. The van der Waals surface area contributed by atoms with E-state index in [2.05, 4.69) is 15.5 Å². The van der Waals surface area contributed by atoms with Crippen LogP contribution in [0.5, 0.6) is 0 Å². The summed E-state index contributed by atoms with van der Waals surface area (Å²) in [6, 6.07) is 9.96. The number of nitrogens with zero attached hydrogens (tertiary/aromatic N) is 2. The van der Waals surface area contributed by atoms with E-state index in [1.807, 2.05) is 44.2 Å². The smallest absolute Gasteiger partial charge is 0.326 e. The molecule has 0 aliphatic heterocycles. The molecule has 2 aromatic heterocycles. The van der Waals surface area contributed by atoms with Gasteiger partial charge in [-0.2, -0.15) is 0 Å². The zero-order chi connectivity index (χ0) is 20.5. The Kier molecular flexibility index (Phi) is 5.05. The Bertz CT molecular complexity index is 1050. The van der Waals surface area contributed by atoms with Gasteiger partial charge < -0.3 is 14.9 Å². The molecule has 1 saturated carbocycles. The first-order valence-corrected chi connectivity index (χ1v) is 9.82. The van der Waals surface area contributed by atoms with Crippen LogP contribution in [0.4, 0.5) is 0 Å². The van der Waals surface area contributed by atoms with E-state index in [9.17, 15) is 14.7 Å². The van der Waals surface area contributed by atoms with Crippen LogP contribution in [0.25, 0.3) is 11.1 Å². The Morgan fingerprint density at radius 3 is 2.59 bits per heavy atom. The van der Waals surface area contributed by atoms with Crippen molar-refractivity contribution in [2.24, 2.45) is 0 Å². The van der Waals surface area contributed by atoms with Gasteiger partial charge in [0.1, 0.15) is 6.04 Å². The van der Waals surface area contributed by atoms with Gasteiger partial charge in [-0.3, -0.25) is 4.79 Å². The first kappa shape index (κ1) is 19.1. The lowest BCUT2D eigenvalue weighted by Crippen LogP contribution is -2.42. The van der Waals surface area contributed by atoms with Crippen molar-refractivity contribution in [1.29, 1.82) is 0 Å². The normalized spacial score (nSPS) is 14.9. The third kappa shape index (κ3) is 3.99. The van der Waals surface area contributed by atoms with Gasteiger partial charge in [-0.1, -0.05) is 49.3 Å². The highest BCUT2D eigenvalue weighted by molar-refractivity contribution is 6.07. The van der Waals surface area contributed by atoms with E-state index in [0.717, 1.165) is 24.1 Å². The maximum absolute atomic E-state index is 13.2. The number of aliphatic carboxylic acids is 1. The van der Waals surface area contributed by atoms with Gasteiger partial charge in [0, 0.05) is 18.0 Å². The molecule has 1 amide bonds. The molecule has 2 heterocycles. The summed E-state index contributed by atoms with van der Waals surface area (Å²) in [4.78, 5) is 29.5. The van der Waals surface area contributed by atoms with Gasteiger partial charge in [-0.05, 0) is 30.4 Å². The van der Waals surface area contributed by atoms with E-state index < -0.39 is 17.9 Å². The molecule has 7 heteroatoms. The van der Waals surface area contributed by atoms with E-state index in [1.165, 1.54) is 0 Å². The third-order valence-corrected chi connectivity index (χ3v) is 5.17. The summed E-state index contributed by atoms with van der Waals surface area (Å²) in [7, 11) is 0. The fourth-order valence-corrected chi connectivity index (χ4v) is 3.44. The third-order valence-electron chi connectivity index (χ3n) is 5.17. The van der Waals surface area contributed by atoms with Gasteiger partial charge in [0.25, 0.3) is 11.6 Å². The number of benzene rings is 1. The fourth-order valence-electron chi connectivity index (χ4n) is 3.44. The Balaban J connectivity index is 1.69. The van der Waals surface area contributed by atoms with E-state index in [4.69, 9.17) is 4.52 Å². The van der Waals surface area contributed by atoms with Crippen molar-refractivity contribution in [3.8, 4) is 0 Å². The standard InChI is InChI=1S/C22H23N3O4/c1-12(2)19-18-15(11-16(14-8-9-14)24-21(18)29-25-19)20(26)23-17(22(27)28)10-13-6-4-3-5-7-13/h3-7,11-12,14,17H,8-10H2,1-2H3,(H,23,26)(H,27,28)/t17-/m0/s1. The monoisotopic (exact) mass is 393 g/mol. The summed E-state index contributed by atoms with van der Waals surface area (Å²) >= 11 is 0. The van der Waals surface area contributed by atoms with Crippen LogP contribution >= 0.6 is 0 Å². The lowest BCUT2D eigenvalue weighted by Gasteiger charge is -2.16. The van der Waals surface area contributed by atoms with Crippen LogP contribution in [-0.4, -0.2) is 33.2 Å². The minimum absolute atomic E-state index is 0.0379. The van der Waals surface area contributed by atoms with E-state index in [-0.39, 0.29) is 12.3 Å². The Morgan fingerprint density at radius 1 is 1.24 bits per heavy atom. The molecule has 4 rings (SSSR count). The summed E-state index contributed by atoms with van der Waals surface area (Å²) in [6.45, 7) is 3.92. The number of hydrogen-bond acceptors (Lipinski definition) is 5. The van der Waals surface area contributed by atoms with Crippen molar-refractivity contribution in [2.45, 2.75) is 51.0 Å². The molecule has 29 heavy (non-hydrogen) atoms. The van der Waals surface area contributed by atoms with E-state index in [1.54, 1.807) is 6.07 Å². The number of carboxylic acid groups (broad SMARTS) is 1. The van der Waals surface area contributed by atoms with Crippen LogP contribution < -0.4 is 5.32 Å². The molecule has 2 N–H and O–H groups in total. The van der Waals surface area contributed by atoms with Gasteiger partial charge in [-0.25, -0.2) is 9.78 Å². The molecule has 0 spiro atoms. The molecule has 0 unspecified atom stereocenters. The molecule has 1 aliphatic rings. The first-order chi connectivity index (χ1) is 13.9. The maximum atomic E-state index is 13.2. The van der Waals surface area contributed by atoms with Crippen molar-refractivity contribution in [1.82, 2.24) is 15.5 Å². The number of rotatable bonds is 7. The average molecular weight is 393 g/mol. The number of fused-ring (bicyclic) bond motifs is 1. The molecule has 7 nitrogen and oxygen atoms in total. The SMILES string of the molecule is CC(C)c1noc2nc(C3CC3)cc(C(=O)N[C@@H](Cc3ccccc3)C(=O)O)c12. The van der Waals surface area contributed by atoms with Crippen LogP contribution in [0.1, 0.15) is 65.8 Å². The van der Waals surface area contributed by atoms with E-state index >= 15 is 0 Å². The quantitative estimate of drug-likeness (QED) is 0.635. The minimum Gasteiger partial charge on any atom is -0.480 e. The highest BCUT2D eigenvalue weighted by Gasteiger charge is 2.30. The molecule has 1 aromatic carbocycles. The predicted molar refractivity (Wildman–Crippen MR) is 107 cm³/mol.